The summed E-state index contributed by atoms with van der Waals surface area (Å²) in [5.41, 5.74) is 3.18. The summed E-state index contributed by atoms with van der Waals surface area (Å²) in [6.07, 6.45) is 6.18. The maximum atomic E-state index is 2.36. The van der Waals surface area contributed by atoms with Gasteiger partial charge < -0.3 is 6.42 Å². The van der Waals surface area contributed by atoms with E-state index in [9.17, 15) is 0 Å². The Balaban J connectivity index is 0.000000640. The van der Waals surface area contributed by atoms with E-state index < -0.39 is 0 Å². The molecule has 0 amide bonds. The van der Waals surface area contributed by atoms with Crippen molar-refractivity contribution >= 4 is 0 Å². The minimum atomic E-state index is 0. The van der Waals surface area contributed by atoms with Gasteiger partial charge in [-0.2, -0.15) is 12.8 Å². The van der Waals surface area contributed by atoms with Gasteiger partial charge in [0.05, 0.1) is 0 Å². The molecule has 0 bridgehead atoms. The zero-order chi connectivity index (χ0) is 5.98. The molecule has 9 heavy (non-hydrogen) atoms. The second kappa shape index (κ2) is 5.08. The Morgan fingerprint density at radius 1 is 1.22 bits per heavy atom. The maximum Gasteiger partial charge on any atom is 1.00 e. The predicted octanol–water partition coefficient (Wildman–Crippen LogP) is -0.285. The molecule has 0 N–H and O–H groups in total. The van der Waals surface area contributed by atoms with Crippen molar-refractivity contribution in [3.05, 3.63) is 17.6 Å². The van der Waals surface area contributed by atoms with Crippen LogP contribution in [0.3, 0.4) is 0 Å². The van der Waals surface area contributed by atoms with Crippen molar-refractivity contribution in [2.75, 3.05) is 0 Å². The van der Waals surface area contributed by atoms with Crippen LogP contribution in [0.4, 0.5) is 0 Å². The van der Waals surface area contributed by atoms with Gasteiger partial charge in [-0.25, -0.2) is 0 Å². The Hall–Kier alpha value is 1.38. The van der Waals surface area contributed by atoms with Crippen LogP contribution >= 0.6 is 0 Å². The molecule has 0 fully saturated rings. The average Bonchev–Trinajstić information content (AvgIpc) is 1.77. The van der Waals surface area contributed by atoms with Gasteiger partial charge in [-0.3, -0.25) is 0 Å². The Labute approximate surface area is 101 Å². The first-order valence-electron chi connectivity index (χ1n) is 3.27. The van der Waals surface area contributed by atoms with E-state index in [1.807, 2.05) is 0 Å². The Morgan fingerprint density at radius 3 is 2.22 bits per heavy atom. The molecular weight excluding hydrogens is 135 g/mol. The molecule has 0 aromatic heterocycles. The third-order valence-electron chi connectivity index (χ3n) is 1.90. The molecule has 0 aromatic rings. The fourth-order valence-corrected chi connectivity index (χ4v) is 1.02. The fraction of sp³-hybridized carbons (Fsp3) is 0.625. The molecule has 0 spiro atoms. The van der Waals surface area contributed by atoms with Gasteiger partial charge in [0.1, 0.15) is 0 Å². The number of hydrogen-bond acceptors (Lipinski definition) is 0. The van der Waals surface area contributed by atoms with Crippen LogP contribution in [-0.4, -0.2) is 0 Å². The molecule has 1 aliphatic carbocycles. The summed E-state index contributed by atoms with van der Waals surface area (Å²) < 4.78 is 0. The molecule has 0 nitrogen and oxygen atoms in total. The van der Waals surface area contributed by atoms with Gasteiger partial charge in [0, 0.05) is 0 Å². The molecule has 1 heteroatoms. The molecule has 1 rings (SSSR count). The van der Waals surface area contributed by atoms with Gasteiger partial charge in [0.15, 0.2) is 0 Å². The van der Waals surface area contributed by atoms with Crippen molar-refractivity contribution in [1.82, 2.24) is 0 Å². The van der Waals surface area contributed by atoms with E-state index in [0.717, 1.165) is 0 Å². The van der Waals surface area contributed by atoms with Crippen molar-refractivity contribution in [2.45, 2.75) is 33.1 Å². The average molecular weight is 148 g/mol. The van der Waals surface area contributed by atoms with Crippen LogP contribution < -0.4 is 51.4 Å². The molecule has 0 heterocycles. The molecule has 0 aromatic carbocycles. The van der Waals surface area contributed by atoms with Crippen molar-refractivity contribution in [3.63, 3.8) is 0 Å². The normalized spacial score (nSPS) is 19.3. The fourth-order valence-electron chi connectivity index (χ4n) is 1.02. The molecule has 46 valence electrons. The van der Waals surface area contributed by atoms with Gasteiger partial charge in [-0.1, -0.05) is 12.0 Å². The van der Waals surface area contributed by atoms with Crippen LogP contribution in [0.2, 0.25) is 0 Å². The van der Waals surface area contributed by atoms with Crippen LogP contribution in [0.15, 0.2) is 11.1 Å². The summed E-state index contributed by atoms with van der Waals surface area (Å²) in [5.74, 6) is 0. The Bertz CT molecular complexity index is 99.7. The first-order chi connectivity index (χ1) is 3.80. The SMILES string of the molecule is CC1=C(C)CC[CH-]C1.[K+]. The first kappa shape index (κ1) is 10.4. The van der Waals surface area contributed by atoms with Gasteiger partial charge in [-0.15, -0.1) is 5.57 Å². The Morgan fingerprint density at radius 2 is 1.89 bits per heavy atom. The van der Waals surface area contributed by atoms with Crippen LogP contribution in [-0.2, 0) is 0 Å². The minimum absolute atomic E-state index is 0. The largest absolute Gasteiger partial charge is 1.00 e. The second-order valence-electron chi connectivity index (χ2n) is 2.59. The summed E-state index contributed by atoms with van der Waals surface area (Å²) in [6.45, 7) is 4.47. The topological polar surface area (TPSA) is 0 Å². The molecule has 0 radical (unpaired) electrons. The molecule has 1 aliphatic rings. The van der Waals surface area contributed by atoms with Crippen molar-refractivity contribution in [2.24, 2.45) is 0 Å². The third-order valence-corrected chi connectivity index (χ3v) is 1.90. The second-order valence-corrected chi connectivity index (χ2v) is 2.59. The molecular formula is C8H13K. The zero-order valence-corrected chi connectivity index (χ0v) is 9.82. The van der Waals surface area contributed by atoms with Gasteiger partial charge >= 0.3 is 51.4 Å². The van der Waals surface area contributed by atoms with E-state index in [1.54, 1.807) is 11.1 Å². The van der Waals surface area contributed by atoms with Crippen LogP contribution in [0.25, 0.3) is 0 Å². The van der Waals surface area contributed by atoms with Gasteiger partial charge in [0.2, 0.25) is 0 Å². The van der Waals surface area contributed by atoms with Crippen LogP contribution in [0.1, 0.15) is 33.1 Å². The van der Waals surface area contributed by atoms with Crippen molar-refractivity contribution in [1.29, 1.82) is 0 Å². The summed E-state index contributed by atoms with van der Waals surface area (Å²) in [5, 5.41) is 0. The quantitative estimate of drug-likeness (QED) is 0.252. The minimum Gasteiger partial charge on any atom is -0.324 e. The third kappa shape index (κ3) is 3.33. The summed E-state index contributed by atoms with van der Waals surface area (Å²) >= 11 is 0. The first-order valence-corrected chi connectivity index (χ1v) is 3.27. The summed E-state index contributed by atoms with van der Waals surface area (Å²) in [6, 6.07) is 0. The predicted molar refractivity (Wildman–Crippen MR) is 36.5 cm³/mol. The van der Waals surface area contributed by atoms with Crippen molar-refractivity contribution < 1.29 is 51.4 Å². The van der Waals surface area contributed by atoms with Crippen LogP contribution in [0.5, 0.6) is 0 Å². The number of allylic oxidation sites excluding steroid dienone is 2. The molecule has 0 atom stereocenters. The van der Waals surface area contributed by atoms with E-state index in [2.05, 4.69) is 20.3 Å². The molecule has 0 aliphatic heterocycles. The van der Waals surface area contributed by atoms with E-state index in [1.165, 1.54) is 19.3 Å². The maximum absolute atomic E-state index is 2.36. The zero-order valence-electron chi connectivity index (χ0n) is 6.70. The summed E-state index contributed by atoms with van der Waals surface area (Å²) in [7, 11) is 0. The van der Waals surface area contributed by atoms with Crippen molar-refractivity contribution in [3.8, 4) is 0 Å². The van der Waals surface area contributed by atoms with E-state index in [4.69, 9.17) is 0 Å². The molecule has 0 saturated heterocycles. The van der Waals surface area contributed by atoms with Crippen LogP contribution in [0, 0.1) is 6.42 Å². The van der Waals surface area contributed by atoms with Gasteiger partial charge in [-0.05, 0) is 13.8 Å². The van der Waals surface area contributed by atoms with Gasteiger partial charge in [0.25, 0.3) is 0 Å². The van der Waals surface area contributed by atoms with E-state index in [-0.39, 0.29) is 51.4 Å². The molecule has 0 unspecified atom stereocenters. The smallest absolute Gasteiger partial charge is 0.324 e. The number of rotatable bonds is 0. The van der Waals surface area contributed by atoms with E-state index in [0.29, 0.717) is 0 Å². The van der Waals surface area contributed by atoms with E-state index >= 15 is 0 Å². The monoisotopic (exact) mass is 148 g/mol. The Kier molecular flexibility index (Phi) is 5.86. The summed E-state index contributed by atoms with van der Waals surface area (Å²) in [4.78, 5) is 0. The standard InChI is InChI=1S/C8H13.K/c1-7-5-3-4-6-8(7)2;/h3H,4-6H2,1-2H3;/q-1;+1. The molecule has 0 saturated carbocycles. The number of hydrogen-bond donors (Lipinski definition) is 0.